The summed E-state index contributed by atoms with van der Waals surface area (Å²) in [5.41, 5.74) is 0.749. The Labute approximate surface area is 128 Å². The van der Waals surface area contributed by atoms with Crippen molar-refractivity contribution in [1.29, 1.82) is 0 Å². The SMILES string of the molecule is CS(=O)(=O)c1ccc(Nc2cc(Cl)nc(C3CC3)n2)cc1. The van der Waals surface area contributed by atoms with Gasteiger partial charge in [-0.15, -0.1) is 0 Å². The first-order chi connectivity index (χ1) is 9.91. The minimum atomic E-state index is -3.18. The van der Waals surface area contributed by atoms with E-state index >= 15 is 0 Å². The van der Waals surface area contributed by atoms with E-state index in [1.54, 1.807) is 30.3 Å². The monoisotopic (exact) mass is 323 g/mol. The van der Waals surface area contributed by atoms with E-state index in [4.69, 9.17) is 11.6 Å². The molecule has 2 aromatic rings. The van der Waals surface area contributed by atoms with Crippen LogP contribution in [0.25, 0.3) is 0 Å². The van der Waals surface area contributed by atoms with Crippen molar-refractivity contribution in [2.75, 3.05) is 11.6 Å². The molecule has 0 aliphatic heterocycles. The van der Waals surface area contributed by atoms with Crippen molar-refractivity contribution in [1.82, 2.24) is 9.97 Å². The summed E-state index contributed by atoms with van der Waals surface area (Å²) >= 11 is 6.00. The minimum absolute atomic E-state index is 0.285. The van der Waals surface area contributed by atoms with E-state index in [-0.39, 0.29) is 4.90 Å². The second kappa shape index (κ2) is 5.27. The van der Waals surface area contributed by atoms with Gasteiger partial charge >= 0.3 is 0 Å². The molecule has 5 nitrogen and oxygen atoms in total. The van der Waals surface area contributed by atoms with E-state index in [1.807, 2.05) is 0 Å². The highest BCUT2D eigenvalue weighted by Gasteiger charge is 2.27. The highest BCUT2D eigenvalue weighted by Crippen LogP contribution is 2.39. The van der Waals surface area contributed by atoms with Gasteiger partial charge in [0.1, 0.15) is 16.8 Å². The number of hydrogen-bond donors (Lipinski definition) is 1. The molecule has 1 aromatic carbocycles. The second-order valence-corrected chi connectivity index (χ2v) is 7.53. The van der Waals surface area contributed by atoms with E-state index in [0.717, 1.165) is 24.4 Å². The molecule has 0 saturated heterocycles. The number of benzene rings is 1. The quantitative estimate of drug-likeness (QED) is 0.875. The molecule has 1 saturated carbocycles. The van der Waals surface area contributed by atoms with Gasteiger partial charge < -0.3 is 5.32 Å². The van der Waals surface area contributed by atoms with Gasteiger partial charge in [-0.1, -0.05) is 11.6 Å². The Kier molecular flexibility index (Phi) is 3.59. The number of nitrogens with one attached hydrogen (secondary N) is 1. The van der Waals surface area contributed by atoms with Crippen LogP contribution < -0.4 is 5.32 Å². The first-order valence-electron chi connectivity index (χ1n) is 6.53. The van der Waals surface area contributed by atoms with Crippen LogP contribution in [0.1, 0.15) is 24.6 Å². The molecule has 110 valence electrons. The summed E-state index contributed by atoms with van der Waals surface area (Å²) in [5.74, 6) is 1.79. The van der Waals surface area contributed by atoms with Crippen molar-refractivity contribution in [3.8, 4) is 0 Å². The zero-order valence-electron chi connectivity index (χ0n) is 11.4. The number of anilines is 2. The van der Waals surface area contributed by atoms with Crippen molar-refractivity contribution in [3.63, 3.8) is 0 Å². The number of rotatable bonds is 4. The van der Waals surface area contributed by atoms with Crippen LogP contribution in [0, 0.1) is 0 Å². The van der Waals surface area contributed by atoms with Gasteiger partial charge in [0.15, 0.2) is 9.84 Å². The number of halogens is 1. The van der Waals surface area contributed by atoms with Crippen LogP contribution in [0.3, 0.4) is 0 Å². The van der Waals surface area contributed by atoms with Gasteiger partial charge in [-0.2, -0.15) is 0 Å². The lowest BCUT2D eigenvalue weighted by Crippen LogP contribution is -2.00. The molecule has 21 heavy (non-hydrogen) atoms. The number of sulfone groups is 1. The molecule has 3 rings (SSSR count). The van der Waals surface area contributed by atoms with Crippen LogP contribution in [0.15, 0.2) is 35.2 Å². The highest BCUT2D eigenvalue weighted by molar-refractivity contribution is 7.90. The third-order valence-corrected chi connectivity index (χ3v) is 4.53. The van der Waals surface area contributed by atoms with Gasteiger partial charge in [-0.25, -0.2) is 18.4 Å². The number of hydrogen-bond acceptors (Lipinski definition) is 5. The molecule has 0 radical (unpaired) electrons. The predicted octanol–water partition coefficient (Wildman–Crippen LogP) is 3.15. The smallest absolute Gasteiger partial charge is 0.175 e. The fourth-order valence-corrected chi connectivity index (χ4v) is 2.78. The standard InChI is InChI=1S/C14H14ClN3O2S/c1-21(19,20)11-6-4-10(5-7-11)16-13-8-12(15)17-14(18-13)9-2-3-9/h4-9H,2-3H2,1H3,(H,16,17,18). The molecule has 1 N–H and O–H groups in total. The fourth-order valence-electron chi connectivity index (χ4n) is 1.96. The zero-order valence-corrected chi connectivity index (χ0v) is 12.9. The summed E-state index contributed by atoms with van der Waals surface area (Å²) in [4.78, 5) is 8.94. The topological polar surface area (TPSA) is 72.0 Å². The van der Waals surface area contributed by atoms with E-state index in [9.17, 15) is 8.42 Å². The lowest BCUT2D eigenvalue weighted by Gasteiger charge is -2.08. The normalized spacial score (nSPS) is 15.0. The van der Waals surface area contributed by atoms with Gasteiger partial charge in [0, 0.05) is 23.9 Å². The average Bonchev–Trinajstić information content (AvgIpc) is 3.21. The maximum absolute atomic E-state index is 11.4. The van der Waals surface area contributed by atoms with Crippen LogP contribution in [0.5, 0.6) is 0 Å². The molecule has 1 fully saturated rings. The van der Waals surface area contributed by atoms with Crippen molar-refractivity contribution in [3.05, 3.63) is 41.3 Å². The largest absolute Gasteiger partial charge is 0.340 e. The van der Waals surface area contributed by atoms with Gasteiger partial charge in [0.2, 0.25) is 0 Å². The van der Waals surface area contributed by atoms with Crippen molar-refractivity contribution in [2.24, 2.45) is 0 Å². The molecule has 0 amide bonds. The molecule has 1 aromatic heterocycles. The summed E-state index contributed by atoms with van der Waals surface area (Å²) in [7, 11) is -3.18. The van der Waals surface area contributed by atoms with Gasteiger partial charge in [-0.3, -0.25) is 0 Å². The van der Waals surface area contributed by atoms with Crippen LogP contribution in [0.2, 0.25) is 5.15 Å². The zero-order chi connectivity index (χ0) is 15.0. The Morgan fingerprint density at radius 2 is 1.86 bits per heavy atom. The minimum Gasteiger partial charge on any atom is -0.340 e. The van der Waals surface area contributed by atoms with Gasteiger partial charge in [0.25, 0.3) is 0 Å². The van der Waals surface area contributed by atoms with Crippen LogP contribution in [0.4, 0.5) is 11.5 Å². The van der Waals surface area contributed by atoms with Crippen LogP contribution in [-0.2, 0) is 9.84 Å². The molecular formula is C14H14ClN3O2S. The summed E-state index contributed by atoms with van der Waals surface area (Å²) in [6.45, 7) is 0. The number of aromatic nitrogens is 2. The molecule has 0 bridgehead atoms. The van der Waals surface area contributed by atoms with E-state index in [1.165, 1.54) is 6.26 Å². The average molecular weight is 324 g/mol. The Bertz CT molecular complexity index is 771. The lowest BCUT2D eigenvalue weighted by molar-refractivity contribution is 0.602. The molecule has 0 spiro atoms. The Morgan fingerprint density at radius 3 is 2.43 bits per heavy atom. The molecule has 7 heteroatoms. The Hall–Kier alpha value is -1.66. The summed E-state index contributed by atoms with van der Waals surface area (Å²) < 4.78 is 22.8. The van der Waals surface area contributed by atoms with E-state index < -0.39 is 9.84 Å². The van der Waals surface area contributed by atoms with Crippen LogP contribution >= 0.6 is 11.6 Å². The molecule has 1 aliphatic rings. The first kappa shape index (κ1) is 14.3. The maximum atomic E-state index is 11.4. The van der Waals surface area contributed by atoms with Gasteiger partial charge in [0.05, 0.1) is 4.90 Å². The van der Waals surface area contributed by atoms with Crippen molar-refractivity contribution >= 4 is 32.9 Å². The predicted molar refractivity (Wildman–Crippen MR) is 81.9 cm³/mol. The first-order valence-corrected chi connectivity index (χ1v) is 8.80. The molecule has 0 atom stereocenters. The number of nitrogens with zero attached hydrogens (tertiary/aromatic N) is 2. The molecule has 1 heterocycles. The lowest BCUT2D eigenvalue weighted by atomic mass is 10.3. The third-order valence-electron chi connectivity index (χ3n) is 3.21. The van der Waals surface area contributed by atoms with E-state index in [2.05, 4.69) is 15.3 Å². The maximum Gasteiger partial charge on any atom is 0.175 e. The Balaban J connectivity index is 1.83. The molecular weight excluding hydrogens is 310 g/mol. The van der Waals surface area contributed by atoms with Crippen molar-refractivity contribution in [2.45, 2.75) is 23.7 Å². The summed E-state index contributed by atoms with van der Waals surface area (Å²) in [6.07, 6.45) is 3.38. The summed E-state index contributed by atoms with van der Waals surface area (Å²) in [5, 5.41) is 3.52. The third kappa shape index (κ3) is 3.51. The highest BCUT2D eigenvalue weighted by atomic mass is 35.5. The fraction of sp³-hybridized carbons (Fsp3) is 0.286. The summed E-state index contributed by atoms with van der Waals surface area (Å²) in [6, 6.07) is 8.16. The molecule has 1 aliphatic carbocycles. The molecule has 0 unspecified atom stereocenters. The Morgan fingerprint density at radius 1 is 1.19 bits per heavy atom. The van der Waals surface area contributed by atoms with Crippen molar-refractivity contribution < 1.29 is 8.42 Å². The second-order valence-electron chi connectivity index (χ2n) is 5.13. The van der Waals surface area contributed by atoms with E-state index in [0.29, 0.717) is 16.9 Å². The van der Waals surface area contributed by atoms with Crippen LogP contribution in [-0.4, -0.2) is 24.6 Å². The van der Waals surface area contributed by atoms with Gasteiger partial charge in [-0.05, 0) is 37.1 Å².